The molecule has 1 unspecified atom stereocenters. The van der Waals surface area contributed by atoms with Crippen molar-refractivity contribution in [3.63, 3.8) is 0 Å². The first kappa shape index (κ1) is 13.9. The van der Waals surface area contributed by atoms with Crippen molar-refractivity contribution in [2.24, 2.45) is 5.92 Å². The van der Waals surface area contributed by atoms with Gasteiger partial charge in [-0.2, -0.15) is 0 Å². The Balaban J connectivity index is 1.93. The Labute approximate surface area is 111 Å². The van der Waals surface area contributed by atoms with E-state index in [0.29, 0.717) is 32.5 Å². The van der Waals surface area contributed by atoms with E-state index >= 15 is 0 Å². The van der Waals surface area contributed by atoms with E-state index < -0.39 is 11.6 Å². The number of hydrogen-bond acceptors (Lipinski definition) is 2. The molecule has 0 radical (unpaired) electrons. The second-order valence-electron chi connectivity index (χ2n) is 4.86. The Morgan fingerprint density at radius 3 is 2.84 bits per heavy atom. The topological polar surface area (TPSA) is 29.5 Å². The second kappa shape index (κ2) is 6.10. The van der Waals surface area contributed by atoms with Crippen molar-refractivity contribution in [1.29, 1.82) is 0 Å². The highest BCUT2D eigenvalue weighted by atomic mass is 19.2. The van der Waals surface area contributed by atoms with Crippen LogP contribution in [-0.4, -0.2) is 37.6 Å². The average Bonchev–Trinajstić information content (AvgIpc) is 2.72. The number of methoxy groups -OCH3 is 1. The van der Waals surface area contributed by atoms with Crippen LogP contribution in [0.4, 0.5) is 8.78 Å². The third-order valence-electron chi connectivity index (χ3n) is 3.37. The van der Waals surface area contributed by atoms with Gasteiger partial charge >= 0.3 is 0 Å². The first-order chi connectivity index (χ1) is 9.10. The van der Waals surface area contributed by atoms with Crippen LogP contribution < -0.4 is 0 Å². The van der Waals surface area contributed by atoms with Crippen molar-refractivity contribution < 1.29 is 18.3 Å². The van der Waals surface area contributed by atoms with E-state index in [1.807, 2.05) is 0 Å². The fourth-order valence-electron chi connectivity index (χ4n) is 2.41. The van der Waals surface area contributed by atoms with Crippen LogP contribution in [0.1, 0.15) is 12.0 Å². The number of amides is 1. The van der Waals surface area contributed by atoms with Crippen molar-refractivity contribution in [1.82, 2.24) is 4.90 Å². The van der Waals surface area contributed by atoms with E-state index in [2.05, 4.69) is 0 Å². The van der Waals surface area contributed by atoms with E-state index in [0.717, 1.165) is 11.6 Å². The lowest BCUT2D eigenvalue weighted by molar-refractivity contribution is -0.128. The Morgan fingerprint density at radius 2 is 2.16 bits per heavy atom. The summed E-state index contributed by atoms with van der Waals surface area (Å²) < 4.78 is 30.9. The molecule has 1 atom stereocenters. The molecule has 1 aromatic rings. The number of rotatable bonds is 5. The lowest BCUT2D eigenvalue weighted by Crippen LogP contribution is -2.28. The number of benzene rings is 1. The third kappa shape index (κ3) is 3.50. The van der Waals surface area contributed by atoms with Gasteiger partial charge in [0.1, 0.15) is 0 Å². The zero-order chi connectivity index (χ0) is 13.8. The molecule has 104 valence electrons. The van der Waals surface area contributed by atoms with E-state index in [1.165, 1.54) is 6.07 Å². The predicted octanol–water partition coefficient (Wildman–Crippen LogP) is 2.00. The maximum atomic E-state index is 13.1. The van der Waals surface area contributed by atoms with Gasteiger partial charge in [-0.05, 0) is 30.0 Å². The number of hydrogen-bond donors (Lipinski definition) is 0. The summed E-state index contributed by atoms with van der Waals surface area (Å²) in [6.07, 6.45) is 1.05. The molecule has 1 amide bonds. The Kier molecular flexibility index (Phi) is 4.47. The van der Waals surface area contributed by atoms with Gasteiger partial charge in [0.05, 0.1) is 6.61 Å². The molecule has 1 aliphatic heterocycles. The quantitative estimate of drug-likeness (QED) is 0.818. The van der Waals surface area contributed by atoms with E-state index in [-0.39, 0.29) is 11.8 Å². The SMILES string of the molecule is COCCN1CC(Cc2ccc(F)c(F)c2)CC1=O. The summed E-state index contributed by atoms with van der Waals surface area (Å²) in [6, 6.07) is 3.91. The van der Waals surface area contributed by atoms with Crippen molar-refractivity contribution in [3.05, 3.63) is 35.4 Å². The van der Waals surface area contributed by atoms with Crippen LogP contribution in [0.5, 0.6) is 0 Å². The summed E-state index contributed by atoms with van der Waals surface area (Å²) in [7, 11) is 1.60. The van der Waals surface area contributed by atoms with Crippen LogP contribution in [0, 0.1) is 17.6 Å². The number of halogens is 2. The van der Waals surface area contributed by atoms with Crippen molar-refractivity contribution >= 4 is 5.91 Å². The summed E-state index contributed by atoms with van der Waals surface area (Å²) in [6.45, 7) is 1.76. The number of likely N-dealkylation sites (tertiary alicyclic amines) is 1. The highest BCUT2D eigenvalue weighted by Crippen LogP contribution is 2.22. The largest absolute Gasteiger partial charge is 0.383 e. The van der Waals surface area contributed by atoms with Crippen molar-refractivity contribution in [3.8, 4) is 0 Å². The van der Waals surface area contributed by atoms with Gasteiger partial charge in [0.2, 0.25) is 5.91 Å². The van der Waals surface area contributed by atoms with Crippen LogP contribution >= 0.6 is 0 Å². The molecule has 1 aliphatic rings. The van der Waals surface area contributed by atoms with Crippen molar-refractivity contribution in [2.75, 3.05) is 26.8 Å². The van der Waals surface area contributed by atoms with Crippen LogP contribution in [0.2, 0.25) is 0 Å². The minimum absolute atomic E-state index is 0.102. The lowest BCUT2D eigenvalue weighted by atomic mass is 9.98. The Hall–Kier alpha value is -1.49. The minimum Gasteiger partial charge on any atom is -0.383 e. The number of nitrogens with zero attached hydrogens (tertiary/aromatic N) is 1. The summed E-state index contributed by atoms with van der Waals surface area (Å²) in [5.74, 6) is -1.41. The zero-order valence-corrected chi connectivity index (χ0v) is 10.9. The first-order valence-corrected chi connectivity index (χ1v) is 6.30. The highest BCUT2D eigenvalue weighted by Gasteiger charge is 2.29. The average molecular weight is 269 g/mol. The Morgan fingerprint density at radius 1 is 1.37 bits per heavy atom. The van der Waals surface area contributed by atoms with Crippen LogP contribution in [0.3, 0.4) is 0 Å². The van der Waals surface area contributed by atoms with Crippen LogP contribution in [0.25, 0.3) is 0 Å². The normalized spacial score (nSPS) is 19.2. The summed E-state index contributed by atoms with van der Waals surface area (Å²) >= 11 is 0. The molecule has 1 heterocycles. The van der Waals surface area contributed by atoms with Gasteiger partial charge < -0.3 is 9.64 Å². The first-order valence-electron chi connectivity index (χ1n) is 6.30. The molecule has 0 aromatic heterocycles. The second-order valence-corrected chi connectivity index (χ2v) is 4.86. The molecule has 5 heteroatoms. The number of carbonyl (C=O) groups is 1. The third-order valence-corrected chi connectivity index (χ3v) is 3.37. The van der Waals surface area contributed by atoms with Gasteiger partial charge in [-0.3, -0.25) is 4.79 Å². The zero-order valence-electron chi connectivity index (χ0n) is 10.9. The lowest BCUT2D eigenvalue weighted by Gasteiger charge is -2.15. The highest BCUT2D eigenvalue weighted by molar-refractivity contribution is 5.78. The van der Waals surface area contributed by atoms with Gasteiger partial charge in [0.15, 0.2) is 11.6 Å². The molecule has 1 fully saturated rings. The molecule has 0 spiro atoms. The molecule has 0 bridgehead atoms. The fourth-order valence-corrected chi connectivity index (χ4v) is 2.41. The summed E-state index contributed by atoms with van der Waals surface area (Å²) in [5.41, 5.74) is 0.727. The van der Waals surface area contributed by atoms with Crippen LogP contribution in [0.15, 0.2) is 18.2 Å². The summed E-state index contributed by atoms with van der Waals surface area (Å²) in [4.78, 5) is 13.5. The standard InChI is InChI=1S/C14H17F2NO2/c1-19-5-4-17-9-11(8-14(17)18)6-10-2-3-12(15)13(16)7-10/h2-3,7,11H,4-6,8-9H2,1H3. The maximum Gasteiger partial charge on any atom is 0.223 e. The molecular formula is C14H17F2NO2. The molecule has 3 nitrogen and oxygen atoms in total. The monoisotopic (exact) mass is 269 g/mol. The molecule has 19 heavy (non-hydrogen) atoms. The minimum atomic E-state index is -0.840. The van der Waals surface area contributed by atoms with Crippen LogP contribution in [-0.2, 0) is 16.0 Å². The van der Waals surface area contributed by atoms with Gasteiger partial charge in [-0.1, -0.05) is 6.07 Å². The smallest absolute Gasteiger partial charge is 0.223 e. The molecule has 1 saturated heterocycles. The van der Waals surface area contributed by atoms with Gasteiger partial charge in [-0.15, -0.1) is 0 Å². The van der Waals surface area contributed by atoms with E-state index in [1.54, 1.807) is 18.1 Å². The maximum absolute atomic E-state index is 13.1. The summed E-state index contributed by atoms with van der Waals surface area (Å²) in [5, 5.41) is 0. The predicted molar refractivity (Wildman–Crippen MR) is 66.6 cm³/mol. The molecule has 2 rings (SSSR count). The van der Waals surface area contributed by atoms with E-state index in [4.69, 9.17) is 4.74 Å². The van der Waals surface area contributed by atoms with Gasteiger partial charge in [0.25, 0.3) is 0 Å². The molecule has 0 aliphatic carbocycles. The Bertz CT molecular complexity index is 465. The number of ether oxygens (including phenoxy) is 1. The van der Waals surface area contributed by atoms with E-state index in [9.17, 15) is 13.6 Å². The van der Waals surface area contributed by atoms with Gasteiger partial charge in [-0.25, -0.2) is 8.78 Å². The number of carbonyl (C=O) groups excluding carboxylic acids is 1. The molecule has 1 aromatic carbocycles. The molecule has 0 N–H and O–H groups in total. The molecular weight excluding hydrogens is 252 g/mol. The van der Waals surface area contributed by atoms with Crippen molar-refractivity contribution in [2.45, 2.75) is 12.8 Å². The van der Waals surface area contributed by atoms with Gasteiger partial charge in [0, 0.05) is 26.6 Å². The molecule has 0 saturated carbocycles. The fraction of sp³-hybridized carbons (Fsp3) is 0.500.